The van der Waals surface area contributed by atoms with Crippen LogP contribution in [-0.4, -0.2) is 18.7 Å². The molecule has 1 amide bonds. The molecule has 1 heterocycles. The fourth-order valence-electron chi connectivity index (χ4n) is 3.66. The quantitative estimate of drug-likeness (QED) is 0.629. The smallest absolute Gasteiger partial charge is 0.275 e. The molecule has 30 heavy (non-hydrogen) atoms. The van der Waals surface area contributed by atoms with Gasteiger partial charge < -0.3 is 10.5 Å². The molecule has 4 rings (SSSR count). The fourth-order valence-corrected chi connectivity index (χ4v) is 3.66. The number of ether oxygens (including phenoxy) is 1. The van der Waals surface area contributed by atoms with E-state index < -0.39 is 11.9 Å². The molecule has 1 aliphatic rings. The highest BCUT2D eigenvalue weighted by molar-refractivity contribution is 6.22. The van der Waals surface area contributed by atoms with Gasteiger partial charge in [0.05, 0.1) is 18.9 Å². The highest BCUT2D eigenvalue weighted by atomic mass is 19.1. The number of nitrogens with two attached hydrogens (primary N) is 1. The Hall–Kier alpha value is -3.93. The Morgan fingerprint density at radius 3 is 2.40 bits per heavy atom. The predicted molar refractivity (Wildman–Crippen MR) is 114 cm³/mol. The van der Waals surface area contributed by atoms with Gasteiger partial charge in [0.15, 0.2) is 0 Å². The number of hydrogen-bond acceptors (Lipinski definition) is 4. The van der Waals surface area contributed by atoms with Crippen LogP contribution in [0.2, 0.25) is 0 Å². The minimum absolute atomic E-state index is 0.000924. The van der Waals surface area contributed by atoms with Gasteiger partial charge in [-0.25, -0.2) is 4.39 Å². The molecular formula is C24H20FN3O2. The van der Waals surface area contributed by atoms with Gasteiger partial charge >= 0.3 is 0 Å². The SMILES string of the molecule is COc1cccc(C2C(C(=N)c3ccc(F)cc3)=C(N)C(=O)N2c2ccccc2)c1. The Bertz CT molecular complexity index is 1140. The number of anilines is 1. The van der Waals surface area contributed by atoms with Gasteiger partial charge in [0, 0.05) is 16.8 Å². The van der Waals surface area contributed by atoms with Gasteiger partial charge in [-0.15, -0.1) is 0 Å². The third-order valence-electron chi connectivity index (χ3n) is 5.12. The number of hydrogen-bond donors (Lipinski definition) is 2. The summed E-state index contributed by atoms with van der Waals surface area (Å²) in [6.07, 6.45) is 0. The molecule has 0 fully saturated rings. The zero-order chi connectivity index (χ0) is 21.3. The number of methoxy groups -OCH3 is 1. The van der Waals surface area contributed by atoms with E-state index in [1.165, 1.54) is 24.3 Å². The number of rotatable bonds is 5. The summed E-state index contributed by atoms with van der Waals surface area (Å²) in [5.74, 6) is -0.145. The van der Waals surface area contributed by atoms with Gasteiger partial charge in [0.25, 0.3) is 5.91 Å². The molecule has 0 bridgehead atoms. The lowest BCUT2D eigenvalue weighted by Crippen LogP contribution is -2.31. The monoisotopic (exact) mass is 401 g/mol. The number of carbonyl (C=O) groups is 1. The Kier molecular flexibility index (Phi) is 5.06. The molecule has 0 saturated carbocycles. The maximum Gasteiger partial charge on any atom is 0.275 e. The van der Waals surface area contributed by atoms with E-state index in [1.807, 2.05) is 54.6 Å². The summed E-state index contributed by atoms with van der Waals surface area (Å²) in [5.41, 5.74) is 8.62. The first-order valence-corrected chi connectivity index (χ1v) is 9.38. The van der Waals surface area contributed by atoms with Crippen molar-refractivity contribution in [2.24, 2.45) is 5.73 Å². The van der Waals surface area contributed by atoms with Crippen LogP contribution in [0.25, 0.3) is 0 Å². The van der Waals surface area contributed by atoms with E-state index in [0.29, 0.717) is 22.6 Å². The highest BCUT2D eigenvalue weighted by Gasteiger charge is 2.42. The van der Waals surface area contributed by atoms with Crippen LogP contribution in [0.15, 0.2) is 90.1 Å². The summed E-state index contributed by atoms with van der Waals surface area (Å²) in [4.78, 5) is 14.8. The van der Waals surface area contributed by atoms with Crippen molar-refractivity contribution in [3.63, 3.8) is 0 Å². The molecule has 5 nitrogen and oxygen atoms in total. The maximum absolute atomic E-state index is 13.4. The minimum atomic E-state index is -0.618. The van der Waals surface area contributed by atoms with E-state index >= 15 is 0 Å². The van der Waals surface area contributed by atoms with Gasteiger partial charge in [-0.3, -0.25) is 15.1 Å². The Morgan fingerprint density at radius 1 is 1.03 bits per heavy atom. The van der Waals surface area contributed by atoms with Crippen LogP contribution < -0.4 is 15.4 Å². The standard InChI is InChI=1S/C24H20FN3O2/c1-30-19-9-5-6-16(14-19)23-20(21(26)15-10-12-17(25)13-11-15)22(27)24(29)28(23)18-7-3-2-4-8-18/h2-14,23,26H,27H2,1H3. The lowest BCUT2D eigenvalue weighted by molar-refractivity contribution is -0.114. The van der Waals surface area contributed by atoms with E-state index in [9.17, 15) is 9.18 Å². The van der Waals surface area contributed by atoms with E-state index in [-0.39, 0.29) is 17.3 Å². The van der Waals surface area contributed by atoms with Crippen LogP contribution in [0, 0.1) is 11.2 Å². The van der Waals surface area contributed by atoms with E-state index in [4.69, 9.17) is 15.9 Å². The normalized spacial score (nSPS) is 16.1. The lowest BCUT2D eigenvalue weighted by atomic mass is 9.91. The molecule has 150 valence electrons. The third-order valence-corrected chi connectivity index (χ3v) is 5.12. The van der Waals surface area contributed by atoms with Crippen LogP contribution in [0.1, 0.15) is 17.2 Å². The maximum atomic E-state index is 13.4. The van der Waals surface area contributed by atoms with Gasteiger partial charge in [-0.05, 0) is 54.1 Å². The van der Waals surface area contributed by atoms with Crippen molar-refractivity contribution in [1.82, 2.24) is 0 Å². The predicted octanol–water partition coefficient (Wildman–Crippen LogP) is 4.20. The molecule has 1 unspecified atom stereocenters. The van der Waals surface area contributed by atoms with E-state index in [2.05, 4.69) is 0 Å². The van der Waals surface area contributed by atoms with Crippen LogP contribution in [-0.2, 0) is 4.79 Å². The van der Waals surface area contributed by atoms with Crippen molar-refractivity contribution in [2.75, 3.05) is 12.0 Å². The molecule has 0 aromatic heterocycles. The number of halogens is 1. The van der Waals surface area contributed by atoms with Gasteiger partial charge in [0.2, 0.25) is 0 Å². The minimum Gasteiger partial charge on any atom is -0.497 e. The average Bonchev–Trinajstić information content (AvgIpc) is 3.05. The number of nitrogens with one attached hydrogen (secondary N) is 1. The van der Waals surface area contributed by atoms with Gasteiger partial charge in [-0.1, -0.05) is 30.3 Å². The van der Waals surface area contributed by atoms with Crippen LogP contribution in [0.3, 0.4) is 0 Å². The van der Waals surface area contributed by atoms with Gasteiger partial charge in [0.1, 0.15) is 17.3 Å². The molecular weight excluding hydrogens is 381 g/mol. The second-order valence-electron chi connectivity index (χ2n) is 6.90. The van der Waals surface area contributed by atoms with Crippen molar-refractivity contribution in [2.45, 2.75) is 6.04 Å². The van der Waals surface area contributed by atoms with E-state index in [0.717, 1.165) is 5.56 Å². The van der Waals surface area contributed by atoms with E-state index in [1.54, 1.807) is 12.0 Å². The number of para-hydroxylation sites is 1. The van der Waals surface area contributed by atoms with Crippen LogP contribution >= 0.6 is 0 Å². The molecule has 0 saturated heterocycles. The zero-order valence-corrected chi connectivity index (χ0v) is 16.3. The molecule has 6 heteroatoms. The number of nitrogens with zero attached hydrogens (tertiary/aromatic N) is 1. The Balaban J connectivity index is 1.88. The van der Waals surface area contributed by atoms with Crippen LogP contribution in [0.4, 0.5) is 10.1 Å². The summed E-state index contributed by atoms with van der Waals surface area (Å²) in [5, 5.41) is 8.78. The second-order valence-corrected chi connectivity index (χ2v) is 6.90. The van der Waals surface area contributed by atoms with Crippen molar-refractivity contribution in [3.8, 4) is 5.75 Å². The first-order valence-electron chi connectivity index (χ1n) is 9.38. The number of amides is 1. The van der Waals surface area contributed by atoms with Crippen molar-refractivity contribution < 1.29 is 13.9 Å². The van der Waals surface area contributed by atoms with Crippen molar-refractivity contribution >= 4 is 17.3 Å². The first-order chi connectivity index (χ1) is 14.5. The van der Waals surface area contributed by atoms with Crippen LogP contribution in [0.5, 0.6) is 5.75 Å². The molecule has 0 spiro atoms. The number of carbonyl (C=O) groups excluding carboxylic acids is 1. The zero-order valence-electron chi connectivity index (χ0n) is 16.3. The average molecular weight is 401 g/mol. The Labute approximate surface area is 173 Å². The molecule has 3 aromatic rings. The summed E-state index contributed by atoms with van der Waals surface area (Å²) in [7, 11) is 1.57. The van der Waals surface area contributed by atoms with Gasteiger partial charge in [-0.2, -0.15) is 0 Å². The van der Waals surface area contributed by atoms with Crippen molar-refractivity contribution in [3.05, 3.63) is 107 Å². The summed E-state index contributed by atoms with van der Waals surface area (Å²) in [6.45, 7) is 0. The molecule has 3 N–H and O–H groups in total. The molecule has 3 aromatic carbocycles. The summed E-state index contributed by atoms with van der Waals surface area (Å²) in [6, 6.07) is 21.5. The molecule has 1 atom stereocenters. The lowest BCUT2D eigenvalue weighted by Gasteiger charge is -2.28. The Morgan fingerprint density at radius 2 is 1.73 bits per heavy atom. The topological polar surface area (TPSA) is 79.4 Å². The second kappa shape index (κ2) is 7.83. The highest BCUT2D eigenvalue weighted by Crippen LogP contribution is 2.41. The molecule has 1 aliphatic heterocycles. The largest absolute Gasteiger partial charge is 0.497 e. The summed E-state index contributed by atoms with van der Waals surface area (Å²) < 4.78 is 18.7. The number of benzene rings is 3. The molecule has 0 radical (unpaired) electrons. The fraction of sp³-hybridized carbons (Fsp3) is 0.0833. The first kappa shape index (κ1) is 19.4. The summed E-state index contributed by atoms with van der Waals surface area (Å²) >= 11 is 0. The third kappa shape index (κ3) is 3.33. The van der Waals surface area contributed by atoms with Crippen molar-refractivity contribution in [1.29, 1.82) is 5.41 Å². The molecule has 0 aliphatic carbocycles.